The van der Waals surface area contributed by atoms with Crippen LogP contribution >= 0.6 is 0 Å². The number of fused-ring (bicyclic) bond motifs is 1. The first-order valence-electron chi connectivity index (χ1n) is 6.45. The average molecular weight is 220 g/mol. The summed E-state index contributed by atoms with van der Waals surface area (Å²) < 4.78 is 2.26. The molecule has 1 aromatic heterocycles. The van der Waals surface area contributed by atoms with E-state index in [0.29, 0.717) is 12.5 Å². The Balaban J connectivity index is 1.84. The Morgan fingerprint density at radius 3 is 2.62 bits per heavy atom. The lowest BCUT2D eigenvalue weighted by Gasteiger charge is -2.14. The van der Waals surface area contributed by atoms with Crippen molar-refractivity contribution >= 4 is 0 Å². The van der Waals surface area contributed by atoms with Crippen molar-refractivity contribution < 1.29 is 0 Å². The SMILES string of the molecule is CCCn1c(CN)nnc1C1CC2CC2C1. The highest BCUT2D eigenvalue weighted by Crippen LogP contribution is 2.57. The van der Waals surface area contributed by atoms with Crippen LogP contribution in [-0.2, 0) is 13.1 Å². The monoisotopic (exact) mass is 220 g/mol. The molecule has 2 N–H and O–H groups in total. The molecule has 2 fully saturated rings. The van der Waals surface area contributed by atoms with Gasteiger partial charge in [-0.15, -0.1) is 10.2 Å². The summed E-state index contributed by atoms with van der Waals surface area (Å²) in [5, 5.41) is 8.60. The maximum atomic E-state index is 5.71. The third-order valence-corrected chi connectivity index (χ3v) is 4.09. The zero-order valence-corrected chi connectivity index (χ0v) is 9.89. The molecule has 0 aliphatic heterocycles. The lowest BCUT2D eigenvalue weighted by molar-refractivity contribution is 0.527. The summed E-state index contributed by atoms with van der Waals surface area (Å²) in [5.41, 5.74) is 5.71. The van der Waals surface area contributed by atoms with Crippen LogP contribution in [0.5, 0.6) is 0 Å². The predicted molar refractivity (Wildman–Crippen MR) is 61.8 cm³/mol. The van der Waals surface area contributed by atoms with Crippen LogP contribution in [0.4, 0.5) is 0 Å². The second-order valence-electron chi connectivity index (χ2n) is 5.25. The second kappa shape index (κ2) is 3.84. The third-order valence-electron chi connectivity index (χ3n) is 4.09. The van der Waals surface area contributed by atoms with Gasteiger partial charge in [0, 0.05) is 12.5 Å². The minimum absolute atomic E-state index is 0.507. The summed E-state index contributed by atoms with van der Waals surface area (Å²) in [6.07, 6.45) is 5.24. The fourth-order valence-electron chi connectivity index (χ4n) is 3.20. The molecule has 0 bridgehead atoms. The van der Waals surface area contributed by atoms with Crippen molar-refractivity contribution in [1.82, 2.24) is 14.8 Å². The number of nitrogens with zero attached hydrogens (tertiary/aromatic N) is 3. The van der Waals surface area contributed by atoms with Crippen molar-refractivity contribution in [1.29, 1.82) is 0 Å². The maximum Gasteiger partial charge on any atom is 0.146 e. The molecule has 3 rings (SSSR count). The van der Waals surface area contributed by atoms with Crippen molar-refractivity contribution in [2.75, 3.05) is 0 Å². The maximum absolute atomic E-state index is 5.71. The number of rotatable bonds is 4. The Labute approximate surface area is 96.2 Å². The number of aromatic nitrogens is 3. The van der Waals surface area contributed by atoms with Crippen LogP contribution in [-0.4, -0.2) is 14.8 Å². The van der Waals surface area contributed by atoms with Crippen molar-refractivity contribution in [2.45, 2.75) is 51.6 Å². The van der Waals surface area contributed by atoms with Crippen molar-refractivity contribution in [3.63, 3.8) is 0 Å². The Morgan fingerprint density at radius 2 is 2.00 bits per heavy atom. The largest absolute Gasteiger partial charge is 0.324 e. The van der Waals surface area contributed by atoms with Crippen LogP contribution in [0.15, 0.2) is 0 Å². The van der Waals surface area contributed by atoms with E-state index in [4.69, 9.17) is 5.73 Å². The van der Waals surface area contributed by atoms with Crippen molar-refractivity contribution in [3.05, 3.63) is 11.6 Å². The van der Waals surface area contributed by atoms with E-state index < -0.39 is 0 Å². The molecule has 1 heterocycles. The summed E-state index contributed by atoms with van der Waals surface area (Å²) in [7, 11) is 0. The lowest BCUT2D eigenvalue weighted by Crippen LogP contribution is -2.13. The highest BCUT2D eigenvalue weighted by atomic mass is 15.3. The Bertz CT molecular complexity index is 374. The fraction of sp³-hybridized carbons (Fsp3) is 0.833. The van der Waals surface area contributed by atoms with Gasteiger partial charge in [-0.3, -0.25) is 0 Å². The van der Waals surface area contributed by atoms with Gasteiger partial charge >= 0.3 is 0 Å². The van der Waals surface area contributed by atoms with Gasteiger partial charge in [0.2, 0.25) is 0 Å². The van der Waals surface area contributed by atoms with E-state index >= 15 is 0 Å². The Kier molecular flexibility index (Phi) is 2.46. The van der Waals surface area contributed by atoms with E-state index in [1.54, 1.807) is 0 Å². The van der Waals surface area contributed by atoms with E-state index in [0.717, 1.165) is 30.6 Å². The molecule has 0 amide bonds. The van der Waals surface area contributed by atoms with Crippen LogP contribution in [0.2, 0.25) is 0 Å². The molecule has 4 nitrogen and oxygen atoms in total. The molecule has 88 valence electrons. The quantitative estimate of drug-likeness (QED) is 0.839. The van der Waals surface area contributed by atoms with Crippen LogP contribution in [0.1, 0.15) is 50.2 Å². The molecule has 2 unspecified atom stereocenters. The molecule has 16 heavy (non-hydrogen) atoms. The first-order chi connectivity index (χ1) is 7.83. The molecule has 0 aromatic carbocycles. The minimum Gasteiger partial charge on any atom is -0.324 e. The van der Waals surface area contributed by atoms with Gasteiger partial charge < -0.3 is 10.3 Å². The van der Waals surface area contributed by atoms with Crippen LogP contribution in [0.3, 0.4) is 0 Å². The second-order valence-corrected chi connectivity index (χ2v) is 5.25. The summed E-state index contributed by atoms with van der Waals surface area (Å²) in [6.45, 7) is 3.71. The smallest absolute Gasteiger partial charge is 0.146 e. The topological polar surface area (TPSA) is 56.7 Å². The van der Waals surface area contributed by atoms with Gasteiger partial charge in [0.25, 0.3) is 0 Å². The molecule has 4 heteroatoms. The van der Waals surface area contributed by atoms with Gasteiger partial charge in [0.05, 0.1) is 6.54 Å². The lowest BCUT2D eigenvalue weighted by atomic mass is 10.0. The van der Waals surface area contributed by atoms with E-state index in [1.165, 1.54) is 25.1 Å². The van der Waals surface area contributed by atoms with Crippen LogP contribution in [0.25, 0.3) is 0 Å². The molecule has 0 spiro atoms. The standard InChI is InChI=1S/C12H20N4/c1-2-3-16-11(7-13)14-15-12(16)10-5-8-4-9(8)6-10/h8-10H,2-7,13H2,1H3. The molecule has 2 aliphatic rings. The van der Waals surface area contributed by atoms with E-state index in [1.807, 2.05) is 0 Å². The van der Waals surface area contributed by atoms with Gasteiger partial charge in [-0.05, 0) is 37.5 Å². The third kappa shape index (κ3) is 1.56. The predicted octanol–water partition coefficient (Wildman–Crippen LogP) is 1.66. The minimum atomic E-state index is 0.507. The molecular weight excluding hydrogens is 200 g/mol. The Morgan fingerprint density at radius 1 is 1.25 bits per heavy atom. The molecule has 0 saturated heterocycles. The normalized spacial score (nSPS) is 31.8. The molecular formula is C12H20N4. The average Bonchev–Trinajstić information content (AvgIpc) is 2.76. The van der Waals surface area contributed by atoms with Gasteiger partial charge in [0.15, 0.2) is 0 Å². The molecule has 2 aliphatic carbocycles. The molecule has 2 saturated carbocycles. The number of hydrogen-bond acceptors (Lipinski definition) is 3. The van der Waals surface area contributed by atoms with Gasteiger partial charge in [0.1, 0.15) is 11.6 Å². The van der Waals surface area contributed by atoms with E-state index in [2.05, 4.69) is 21.7 Å². The molecule has 0 radical (unpaired) electrons. The zero-order valence-electron chi connectivity index (χ0n) is 9.89. The first-order valence-corrected chi connectivity index (χ1v) is 6.45. The van der Waals surface area contributed by atoms with E-state index in [9.17, 15) is 0 Å². The van der Waals surface area contributed by atoms with Crippen molar-refractivity contribution in [3.8, 4) is 0 Å². The molecule has 1 aromatic rings. The van der Waals surface area contributed by atoms with Gasteiger partial charge in [-0.2, -0.15) is 0 Å². The highest BCUT2D eigenvalue weighted by Gasteiger charge is 2.47. The van der Waals surface area contributed by atoms with Crippen LogP contribution in [0, 0.1) is 11.8 Å². The fourth-order valence-corrected chi connectivity index (χ4v) is 3.20. The van der Waals surface area contributed by atoms with Gasteiger partial charge in [-0.1, -0.05) is 6.92 Å². The van der Waals surface area contributed by atoms with E-state index in [-0.39, 0.29) is 0 Å². The number of nitrogens with two attached hydrogens (primary N) is 1. The number of hydrogen-bond donors (Lipinski definition) is 1. The van der Waals surface area contributed by atoms with Gasteiger partial charge in [-0.25, -0.2) is 0 Å². The summed E-state index contributed by atoms with van der Waals surface area (Å²) in [5.74, 6) is 4.81. The summed E-state index contributed by atoms with van der Waals surface area (Å²) >= 11 is 0. The Hall–Kier alpha value is -0.900. The summed E-state index contributed by atoms with van der Waals surface area (Å²) in [6, 6.07) is 0. The highest BCUT2D eigenvalue weighted by molar-refractivity contribution is 5.10. The zero-order chi connectivity index (χ0) is 11.1. The summed E-state index contributed by atoms with van der Waals surface area (Å²) in [4.78, 5) is 0. The molecule has 2 atom stereocenters. The first kappa shape index (κ1) is 10.3. The van der Waals surface area contributed by atoms with Crippen LogP contribution < -0.4 is 5.73 Å². The van der Waals surface area contributed by atoms with Crippen molar-refractivity contribution in [2.24, 2.45) is 17.6 Å².